The van der Waals surface area contributed by atoms with Gasteiger partial charge >= 0.3 is 5.97 Å². The van der Waals surface area contributed by atoms with Crippen molar-refractivity contribution in [1.29, 1.82) is 0 Å². The van der Waals surface area contributed by atoms with Gasteiger partial charge in [-0.25, -0.2) is 8.78 Å². The second kappa shape index (κ2) is 6.10. The zero-order valence-electron chi connectivity index (χ0n) is 10.8. The van der Waals surface area contributed by atoms with E-state index in [-0.39, 0.29) is 30.4 Å². The smallest absolute Gasteiger partial charge is 0.307 e. The molecule has 5 heteroatoms. The van der Waals surface area contributed by atoms with Gasteiger partial charge in [0.1, 0.15) is 11.6 Å². The lowest BCUT2D eigenvalue weighted by Gasteiger charge is -2.18. The van der Waals surface area contributed by atoms with Crippen molar-refractivity contribution in [2.24, 2.45) is 0 Å². The lowest BCUT2D eigenvalue weighted by molar-refractivity contribution is -0.141. The van der Waals surface area contributed by atoms with E-state index in [2.05, 4.69) is 10.1 Å². The molecule has 19 heavy (non-hydrogen) atoms. The highest BCUT2D eigenvalue weighted by Gasteiger charge is 2.26. The maximum absolute atomic E-state index is 13.6. The van der Waals surface area contributed by atoms with E-state index in [0.717, 1.165) is 25.0 Å². The summed E-state index contributed by atoms with van der Waals surface area (Å²) in [6, 6.07) is 3.52. The molecule has 1 aromatic rings. The summed E-state index contributed by atoms with van der Waals surface area (Å²) in [7, 11) is 1.32. The number of hydrogen-bond donors (Lipinski definition) is 1. The summed E-state index contributed by atoms with van der Waals surface area (Å²) in [5, 5.41) is 3.26. The summed E-state index contributed by atoms with van der Waals surface area (Å²) in [6.45, 7) is 0. The number of carbonyl (C=O) groups is 1. The molecule has 0 amide bonds. The molecule has 0 bridgehead atoms. The number of benzene rings is 1. The summed E-state index contributed by atoms with van der Waals surface area (Å²) in [5.74, 6) is -1.27. The van der Waals surface area contributed by atoms with Crippen molar-refractivity contribution in [3.05, 3.63) is 35.4 Å². The minimum absolute atomic E-state index is 0.156. The van der Waals surface area contributed by atoms with Crippen LogP contribution in [0.5, 0.6) is 0 Å². The van der Waals surface area contributed by atoms with Gasteiger partial charge in [0.05, 0.1) is 13.5 Å². The van der Waals surface area contributed by atoms with Crippen LogP contribution in [-0.4, -0.2) is 25.2 Å². The molecule has 0 radical (unpaired) electrons. The molecular weight excluding hydrogens is 252 g/mol. The van der Waals surface area contributed by atoms with Gasteiger partial charge in [0, 0.05) is 12.1 Å². The number of halogens is 2. The molecule has 0 heterocycles. The zero-order chi connectivity index (χ0) is 13.8. The predicted molar refractivity (Wildman–Crippen MR) is 66.6 cm³/mol. The van der Waals surface area contributed by atoms with E-state index >= 15 is 0 Å². The Balaban J connectivity index is 2.04. The van der Waals surface area contributed by atoms with E-state index in [9.17, 15) is 13.6 Å². The molecule has 0 aromatic heterocycles. The van der Waals surface area contributed by atoms with Gasteiger partial charge in [0.2, 0.25) is 0 Å². The van der Waals surface area contributed by atoms with Crippen molar-refractivity contribution in [2.75, 3.05) is 7.11 Å². The molecule has 104 valence electrons. The Kier molecular flexibility index (Phi) is 4.47. The van der Waals surface area contributed by atoms with Crippen LogP contribution in [0.4, 0.5) is 8.78 Å². The van der Waals surface area contributed by atoms with Crippen LogP contribution in [0.2, 0.25) is 0 Å². The summed E-state index contributed by atoms with van der Waals surface area (Å²) in [5.41, 5.74) is 0.280. The van der Waals surface area contributed by atoms with Crippen molar-refractivity contribution in [3.8, 4) is 0 Å². The van der Waals surface area contributed by atoms with E-state index in [1.807, 2.05) is 0 Å². The van der Waals surface area contributed by atoms with E-state index < -0.39 is 11.6 Å². The van der Waals surface area contributed by atoms with Crippen LogP contribution < -0.4 is 5.32 Å². The van der Waals surface area contributed by atoms with Crippen molar-refractivity contribution >= 4 is 5.97 Å². The zero-order valence-corrected chi connectivity index (χ0v) is 10.8. The second-order valence-corrected chi connectivity index (χ2v) is 4.86. The molecule has 0 spiro atoms. The van der Waals surface area contributed by atoms with Crippen LogP contribution in [0.3, 0.4) is 0 Å². The van der Waals surface area contributed by atoms with Crippen LogP contribution >= 0.6 is 0 Å². The number of hydrogen-bond acceptors (Lipinski definition) is 3. The molecule has 2 rings (SSSR count). The third kappa shape index (κ3) is 4.28. The molecule has 3 nitrogen and oxygen atoms in total. The van der Waals surface area contributed by atoms with Gasteiger partial charge in [-0.1, -0.05) is 0 Å². The van der Waals surface area contributed by atoms with Gasteiger partial charge < -0.3 is 10.1 Å². The van der Waals surface area contributed by atoms with Gasteiger partial charge in [-0.05, 0) is 43.0 Å². The molecule has 1 aliphatic rings. The summed E-state index contributed by atoms with van der Waals surface area (Å²) in [4.78, 5) is 11.3. The fourth-order valence-electron chi connectivity index (χ4n) is 2.02. The van der Waals surface area contributed by atoms with Crippen LogP contribution in [0.15, 0.2) is 18.2 Å². The van der Waals surface area contributed by atoms with E-state index in [4.69, 9.17) is 0 Å². The lowest BCUT2D eigenvalue weighted by atomic mass is 10.0. The van der Waals surface area contributed by atoms with Gasteiger partial charge in [0.25, 0.3) is 0 Å². The third-order valence-corrected chi connectivity index (χ3v) is 3.16. The van der Waals surface area contributed by atoms with Crippen LogP contribution in [0.25, 0.3) is 0 Å². The maximum Gasteiger partial charge on any atom is 0.307 e. The molecule has 1 unspecified atom stereocenters. The number of methoxy groups -OCH3 is 1. The number of esters is 1. The molecule has 1 aliphatic carbocycles. The van der Waals surface area contributed by atoms with E-state index in [1.54, 1.807) is 0 Å². The van der Waals surface area contributed by atoms with Crippen LogP contribution in [-0.2, 0) is 16.0 Å². The summed E-state index contributed by atoms with van der Waals surface area (Å²) >= 11 is 0. The highest BCUT2D eigenvalue weighted by molar-refractivity contribution is 5.70. The first-order valence-corrected chi connectivity index (χ1v) is 6.35. The first-order chi connectivity index (χ1) is 9.08. The number of rotatable bonds is 6. The minimum Gasteiger partial charge on any atom is -0.469 e. The Labute approximate surface area is 111 Å². The molecule has 0 aliphatic heterocycles. The van der Waals surface area contributed by atoms with E-state index in [1.165, 1.54) is 13.2 Å². The highest BCUT2D eigenvalue weighted by Crippen LogP contribution is 2.22. The molecule has 1 atom stereocenters. The van der Waals surface area contributed by atoms with Crippen molar-refractivity contribution in [3.63, 3.8) is 0 Å². The Morgan fingerprint density at radius 3 is 2.84 bits per heavy atom. The average Bonchev–Trinajstić information content (AvgIpc) is 3.17. The SMILES string of the molecule is COC(=O)CC(Cc1cc(F)ccc1F)NC1CC1. The number of carbonyl (C=O) groups excluding carboxylic acids is 1. The van der Waals surface area contributed by atoms with Gasteiger partial charge in [-0.2, -0.15) is 0 Å². The van der Waals surface area contributed by atoms with Crippen LogP contribution in [0.1, 0.15) is 24.8 Å². The quantitative estimate of drug-likeness (QED) is 0.805. The first-order valence-electron chi connectivity index (χ1n) is 6.35. The summed E-state index contributed by atoms with van der Waals surface area (Å²) < 4.78 is 31.3. The fraction of sp³-hybridized carbons (Fsp3) is 0.500. The Hall–Kier alpha value is -1.49. The lowest BCUT2D eigenvalue weighted by Crippen LogP contribution is -2.35. The molecular formula is C14H17F2NO2. The fourth-order valence-corrected chi connectivity index (χ4v) is 2.02. The average molecular weight is 269 g/mol. The predicted octanol–water partition coefficient (Wildman–Crippen LogP) is 2.19. The largest absolute Gasteiger partial charge is 0.469 e. The standard InChI is InChI=1S/C14H17F2NO2/c1-19-14(18)8-12(17-11-3-4-11)7-9-6-10(15)2-5-13(9)16/h2,5-6,11-12,17H,3-4,7-8H2,1H3. The molecule has 1 fully saturated rings. The highest BCUT2D eigenvalue weighted by atomic mass is 19.1. The van der Waals surface area contributed by atoms with Gasteiger partial charge in [0.15, 0.2) is 0 Å². The minimum atomic E-state index is -0.473. The first kappa shape index (κ1) is 13.9. The van der Waals surface area contributed by atoms with Crippen molar-refractivity contribution < 1.29 is 18.3 Å². The molecule has 1 saturated carbocycles. The molecule has 1 N–H and O–H groups in total. The van der Waals surface area contributed by atoms with Crippen molar-refractivity contribution in [1.82, 2.24) is 5.32 Å². The Morgan fingerprint density at radius 2 is 2.21 bits per heavy atom. The normalized spacial score (nSPS) is 16.2. The van der Waals surface area contributed by atoms with Crippen LogP contribution in [0, 0.1) is 11.6 Å². The molecule has 0 saturated heterocycles. The maximum atomic E-state index is 13.6. The second-order valence-electron chi connectivity index (χ2n) is 4.86. The Bertz CT molecular complexity index is 461. The van der Waals surface area contributed by atoms with Gasteiger partial charge in [-0.15, -0.1) is 0 Å². The summed E-state index contributed by atoms with van der Waals surface area (Å²) in [6.07, 6.45) is 2.55. The number of ether oxygens (including phenoxy) is 1. The molecule has 1 aromatic carbocycles. The van der Waals surface area contributed by atoms with E-state index in [0.29, 0.717) is 6.04 Å². The third-order valence-electron chi connectivity index (χ3n) is 3.16. The van der Waals surface area contributed by atoms with Gasteiger partial charge in [-0.3, -0.25) is 4.79 Å². The Morgan fingerprint density at radius 1 is 1.47 bits per heavy atom. The topological polar surface area (TPSA) is 38.3 Å². The van der Waals surface area contributed by atoms with Crippen molar-refractivity contribution in [2.45, 2.75) is 37.8 Å². The monoisotopic (exact) mass is 269 g/mol. The number of nitrogens with one attached hydrogen (secondary N) is 1.